The highest BCUT2D eigenvalue weighted by atomic mass is 15.1. The summed E-state index contributed by atoms with van der Waals surface area (Å²) >= 11 is 0. The fraction of sp³-hybridized carbons (Fsp3) is 0.469. The van der Waals surface area contributed by atoms with Crippen LogP contribution in [0.5, 0.6) is 0 Å². The van der Waals surface area contributed by atoms with Gasteiger partial charge in [0.2, 0.25) is 0 Å². The standard InChI is InChI=1S/C49H65N/c1-5-8-10-12-14-16-34-50(35-17-15-13-11-9-6-2)47-30-24-40(25-31-47)20-21-42-26-32-48-45(37-42)28-29-46-38-43(27-33-49(46)48)23-22-41-19-18-39(4)44(7-3)36-41/h18-21,24-27,30-33,36-38H,5-17,22-23,28-29,34-35H2,1-4H3. The summed E-state index contributed by atoms with van der Waals surface area (Å²) in [5.41, 5.74) is 15.6. The molecule has 4 aromatic carbocycles. The van der Waals surface area contributed by atoms with E-state index in [2.05, 4.69) is 124 Å². The first-order chi connectivity index (χ1) is 24.6. The maximum Gasteiger partial charge on any atom is 0.0366 e. The molecule has 1 aliphatic carbocycles. The maximum absolute atomic E-state index is 2.66. The molecule has 0 unspecified atom stereocenters. The van der Waals surface area contributed by atoms with Crippen LogP contribution >= 0.6 is 0 Å². The topological polar surface area (TPSA) is 3.24 Å². The van der Waals surface area contributed by atoms with E-state index in [1.807, 2.05) is 0 Å². The highest BCUT2D eigenvalue weighted by Crippen LogP contribution is 2.35. The van der Waals surface area contributed by atoms with E-state index in [9.17, 15) is 0 Å². The van der Waals surface area contributed by atoms with Crippen molar-refractivity contribution in [3.8, 4) is 11.1 Å². The van der Waals surface area contributed by atoms with Crippen LogP contribution in [0.25, 0.3) is 23.3 Å². The number of anilines is 1. The second-order valence-electron chi connectivity index (χ2n) is 15.0. The third-order valence-electron chi connectivity index (χ3n) is 11.0. The summed E-state index contributed by atoms with van der Waals surface area (Å²) in [7, 11) is 0. The molecule has 0 bridgehead atoms. The Morgan fingerprint density at radius 3 is 1.68 bits per heavy atom. The van der Waals surface area contributed by atoms with Crippen molar-refractivity contribution in [3.63, 3.8) is 0 Å². The van der Waals surface area contributed by atoms with Gasteiger partial charge in [0, 0.05) is 18.8 Å². The van der Waals surface area contributed by atoms with Gasteiger partial charge in [-0.15, -0.1) is 0 Å². The molecule has 0 spiro atoms. The van der Waals surface area contributed by atoms with E-state index in [0.29, 0.717) is 0 Å². The molecule has 0 heterocycles. The van der Waals surface area contributed by atoms with E-state index in [1.54, 1.807) is 0 Å². The summed E-state index contributed by atoms with van der Waals surface area (Å²) < 4.78 is 0. The van der Waals surface area contributed by atoms with Crippen LogP contribution in [-0.2, 0) is 32.1 Å². The van der Waals surface area contributed by atoms with Crippen LogP contribution in [0.1, 0.15) is 142 Å². The van der Waals surface area contributed by atoms with Crippen LogP contribution < -0.4 is 4.90 Å². The third-order valence-corrected chi connectivity index (χ3v) is 11.0. The summed E-state index contributed by atoms with van der Waals surface area (Å²) in [6.45, 7) is 11.5. The summed E-state index contributed by atoms with van der Waals surface area (Å²) in [5, 5.41) is 0. The number of unbranched alkanes of at least 4 members (excludes halogenated alkanes) is 10. The molecule has 0 atom stereocenters. The molecule has 0 aromatic heterocycles. The molecule has 5 rings (SSSR count). The number of nitrogens with zero attached hydrogens (tertiary/aromatic N) is 1. The first kappa shape index (κ1) is 37.7. The molecule has 1 heteroatoms. The normalized spacial score (nSPS) is 12.3. The molecule has 0 aliphatic heterocycles. The average Bonchev–Trinajstić information content (AvgIpc) is 3.15. The zero-order valence-electron chi connectivity index (χ0n) is 32.0. The number of hydrogen-bond acceptors (Lipinski definition) is 1. The summed E-state index contributed by atoms with van der Waals surface area (Å²) in [6.07, 6.45) is 26.4. The van der Waals surface area contributed by atoms with Crippen molar-refractivity contribution >= 4 is 17.8 Å². The lowest BCUT2D eigenvalue weighted by atomic mass is 9.83. The lowest BCUT2D eigenvalue weighted by molar-refractivity contribution is 0.575. The van der Waals surface area contributed by atoms with Crippen LogP contribution in [0.4, 0.5) is 5.69 Å². The fourth-order valence-electron chi connectivity index (χ4n) is 7.80. The van der Waals surface area contributed by atoms with Gasteiger partial charge in [0.25, 0.3) is 0 Å². The Balaban J connectivity index is 1.17. The monoisotopic (exact) mass is 668 g/mol. The molecule has 0 fully saturated rings. The van der Waals surface area contributed by atoms with Gasteiger partial charge in [0.1, 0.15) is 0 Å². The molecular formula is C49H65N. The first-order valence-electron chi connectivity index (χ1n) is 20.4. The van der Waals surface area contributed by atoms with Gasteiger partial charge in [-0.05, 0) is 120 Å². The molecule has 0 saturated heterocycles. The molecular weight excluding hydrogens is 603 g/mol. The Bertz CT molecular complexity index is 1610. The number of fused-ring (bicyclic) bond motifs is 3. The van der Waals surface area contributed by atoms with Crippen molar-refractivity contribution in [2.45, 2.75) is 137 Å². The quantitative estimate of drug-likeness (QED) is 0.0631. The van der Waals surface area contributed by atoms with Gasteiger partial charge in [-0.1, -0.05) is 164 Å². The molecule has 1 aliphatic rings. The Hall–Kier alpha value is -3.58. The maximum atomic E-state index is 2.66. The lowest BCUT2D eigenvalue weighted by Crippen LogP contribution is -2.25. The van der Waals surface area contributed by atoms with Gasteiger partial charge in [-0.3, -0.25) is 0 Å². The number of benzene rings is 4. The molecule has 1 nitrogen and oxygen atoms in total. The van der Waals surface area contributed by atoms with Crippen LogP contribution in [0.3, 0.4) is 0 Å². The van der Waals surface area contributed by atoms with Gasteiger partial charge in [-0.2, -0.15) is 0 Å². The van der Waals surface area contributed by atoms with Gasteiger partial charge in [-0.25, -0.2) is 0 Å². The van der Waals surface area contributed by atoms with Gasteiger partial charge >= 0.3 is 0 Å². The molecule has 50 heavy (non-hydrogen) atoms. The molecule has 0 N–H and O–H groups in total. The average molecular weight is 668 g/mol. The largest absolute Gasteiger partial charge is 0.372 e. The van der Waals surface area contributed by atoms with Gasteiger partial charge in [0.05, 0.1) is 0 Å². The van der Waals surface area contributed by atoms with Crippen molar-refractivity contribution in [1.29, 1.82) is 0 Å². The van der Waals surface area contributed by atoms with E-state index in [1.165, 1.54) is 151 Å². The second kappa shape index (κ2) is 20.3. The van der Waals surface area contributed by atoms with Crippen LogP contribution in [-0.4, -0.2) is 13.1 Å². The predicted octanol–water partition coefficient (Wildman–Crippen LogP) is 13.8. The van der Waals surface area contributed by atoms with Crippen molar-refractivity contribution in [1.82, 2.24) is 0 Å². The Morgan fingerprint density at radius 2 is 1.04 bits per heavy atom. The van der Waals surface area contributed by atoms with E-state index < -0.39 is 0 Å². The zero-order valence-corrected chi connectivity index (χ0v) is 32.0. The molecule has 4 aromatic rings. The number of rotatable bonds is 21. The van der Waals surface area contributed by atoms with Crippen LogP contribution in [0, 0.1) is 6.92 Å². The number of hydrogen-bond donors (Lipinski definition) is 0. The summed E-state index contributed by atoms with van der Waals surface area (Å²) in [6, 6.07) is 30.7. The molecule has 0 saturated carbocycles. The van der Waals surface area contributed by atoms with E-state index in [0.717, 1.165) is 32.1 Å². The molecule has 266 valence electrons. The van der Waals surface area contributed by atoms with Gasteiger partial charge < -0.3 is 4.90 Å². The lowest BCUT2D eigenvalue weighted by Gasteiger charge is -2.25. The fourth-order valence-corrected chi connectivity index (χ4v) is 7.80. The SMILES string of the molecule is CCCCCCCCN(CCCCCCCC)c1ccc(C=Cc2ccc3c(c2)CCc2cc(CCc4ccc(C)c(CC)c4)ccc2-3)cc1. The molecule has 0 radical (unpaired) electrons. The summed E-state index contributed by atoms with van der Waals surface area (Å²) in [4.78, 5) is 2.66. The Labute approximate surface area is 306 Å². The van der Waals surface area contributed by atoms with Crippen molar-refractivity contribution < 1.29 is 0 Å². The minimum Gasteiger partial charge on any atom is -0.372 e. The Kier molecular flexibility index (Phi) is 15.3. The third kappa shape index (κ3) is 11.2. The van der Waals surface area contributed by atoms with E-state index in [4.69, 9.17) is 0 Å². The highest BCUT2D eigenvalue weighted by molar-refractivity contribution is 5.77. The number of aryl methyl sites for hydroxylation is 6. The molecule has 0 amide bonds. The van der Waals surface area contributed by atoms with Crippen LogP contribution in [0.2, 0.25) is 0 Å². The smallest absolute Gasteiger partial charge is 0.0366 e. The predicted molar refractivity (Wildman–Crippen MR) is 222 cm³/mol. The van der Waals surface area contributed by atoms with Crippen molar-refractivity contribution in [2.24, 2.45) is 0 Å². The van der Waals surface area contributed by atoms with E-state index in [-0.39, 0.29) is 0 Å². The second-order valence-corrected chi connectivity index (χ2v) is 15.0. The van der Waals surface area contributed by atoms with Crippen molar-refractivity contribution in [2.75, 3.05) is 18.0 Å². The minimum absolute atomic E-state index is 1.10. The van der Waals surface area contributed by atoms with Gasteiger partial charge in [0.15, 0.2) is 0 Å². The summed E-state index contributed by atoms with van der Waals surface area (Å²) in [5.74, 6) is 0. The highest BCUT2D eigenvalue weighted by Gasteiger charge is 2.17. The van der Waals surface area contributed by atoms with E-state index >= 15 is 0 Å². The first-order valence-corrected chi connectivity index (χ1v) is 20.4. The minimum atomic E-state index is 1.10. The Morgan fingerprint density at radius 1 is 0.520 bits per heavy atom. The zero-order chi connectivity index (χ0) is 35.0. The van der Waals surface area contributed by atoms with Crippen LogP contribution in [0.15, 0.2) is 78.9 Å². The van der Waals surface area contributed by atoms with Crippen molar-refractivity contribution in [3.05, 3.63) is 123 Å².